The van der Waals surface area contributed by atoms with Crippen molar-refractivity contribution in [2.75, 3.05) is 65.0 Å². The molecule has 2 aromatic rings. The SMILES string of the molecule is CC(C)[C@@H](N)C(=O)OCCS(=O)(=O)Nc1ccc(C(=O)Nc2cc3c(c(N4CCC(F)(F)CC4)c2)OCCC3)c(N2CCC3(CC2)CC3)c1. The summed E-state index contributed by atoms with van der Waals surface area (Å²) in [7, 11) is -3.90. The van der Waals surface area contributed by atoms with Crippen molar-refractivity contribution in [3.05, 3.63) is 41.5 Å². The number of nitrogens with two attached hydrogens (primary N) is 1. The third-order valence-corrected chi connectivity index (χ3v) is 11.6. The quantitative estimate of drug-likeness (QED) is 0.271. The molecule has 2 saturated heterocycles. The molecule has 11 nitrogen and oxygen atoms in total. The Morgan fingerprint density at radius 1 is 0.959 bits per heavy atom. The topological polar surface area (TPSA) is 143 Å². The molecule has 0 aromatic heterocycles. The monoisotopic (exact) mass is 703 g/mol. The van der Waals surface area contributed by atoms with E-state index in [1.807, 2.05) is 11.0 Å². The van der Waals surface area contributed by atoms with E-state index >= 15 is 0 Å². The van der Waals surface area contributed by atoms with Gasteiger partial charge in [0.25, 0.3) is 11.8 Å². The summed E-state index contributed by atoms with van der Waals surface area (Å²) in [4.78, 5) is 30.1. The minimum atomic E-state index is -3.90. The van der Waals surface area contributed by atoms with Gasteiger partial charge in [-0.25, -0.2) is 17.2 Å². The Morgan fingerprint density at radius 3 is 2.29 bits per heavy atom. The Hall–Kier alpha value is -3.65. The first kappa shape index (κ1) is 35.2. The zero-order chi connectivity index (χ0) is 35.0. The Balaban J connectivity index is 1.22. The summed E-state index contributed by atoms with van der Waals surface area (Å²) in [5.41, 5.74) is 9.64. The normalized spacial score (nSPS) is 20.3. The molecule has 0 bridgehead atoms. The van der Waals surface area contributed by atoms with Crippen molar-refractivity contribution in [3.8, 4) is 5.75 Å². The molecule has 6 rings (SSSR count). The van der Waals surface area contributed by atoms with Crippen LogP contribution in [0, 0.1) is 11.3 Å². The molecule has 3 aliphatic heterocycles. The molecular formula is C35H47F2N5O6S. The fraction of sp³-hybridized carbons (Fsp3) is 0.600. The van der Waals surface area contributed by atoms with Gasteiger partial charge in [0.05, 0.1) is 29.2 Å². The second-order valence-corrected chi connectivity index (χ2v) is 16.2. The molecule has 1 aliphatic carbocycles. The van der Waals surface area contributed by atoms with Crippen LogP contribution in [0.15, 0.2) is 30.3 Å². The van der Waals surface area contributed by atoms with E-state index < -0.39 is 33.7 Å². The van der Waals surface area contributed by atoms with Gasteiger partial charge in [-0.2, -0.15) is 0 Å². The third kappa shape index (κ3) is 8.39. The summed E-state index contributed by atoms with van der Waals surface area (Å²) >= 11 is 0. The number of halogens is 2. The molecule has 49 heavy (non-hydrogen) atoms. The van der Waals surface area contributed by atoms with Crippen molar-refractivity contribution in [2.24, 2.45) is 17.1 Å². The van der Waals surface area contributed by atoms with Crippen LogP contribution < -0.4 is 30.3 Å². The van der Waals surface area contributed by atoms with Crippen LogP contribution in [-0.2, 0) is 26.0 Å². The molecule has 1 saturated carbocycles. The number of alkyl halides is 2. The van der Waals surface area contributed by atoms with Crippen LogP contribution in [0.25, 0.3) is 0 Å². The molecule has 3 heterocycles. The fourth-order valence-corrected chi connectivity index (χ4v) is 7.73. The van der Waals surface area contributed by atoms with E-state index in [0.29, 0.717) is 46.1 Å². The Morgan fingerprint density at radius 2 is 1.61 bits per heavy atom. The number of piperidine rings is 2. The standard InChI is InChI=1S/C35H47F2N5O6S/c1-23(2)30(38)33(44)48-18-19-49(45,46)40-25-5-6-27(28(21-25)41-13-9-34(7-8-34)10-14-41)32(43)39-26-20-24-4-3-17-47-31(24)29(22-26)42-15-11-35(36,37)12-16-42/h5-6,20-23,30,40H,3-4,7-19,38H2,1-2H3,(H,39,43)/t30-/m1/s1. The molecule has 4 aliphatic rings. The second kappa shape index (κ2) is 13.9. The van der Waals surface area contributed by atoms with E-state index in [1.54, 1.807) is 38.1 Å². The summed E-state index contributed by atoms with van der Waals surface area (Å²) in [5, 5.41) is 3.04. The van der Waals surface area contributed by atoms with Crippen molar-refractivity contribution >= 4 is 44.6 Å². The number of fused-ring (bicyclic) bond motifs is 1. The van der Waals surface area contributed by atoms with E-state index in [1.165, 1.54) is 12.8 Å². The lowest BCUT2D eigenvalue weighted by molar-refractivity contribution is -0.145. The molecule has 1 spiro atoms. The van der Waals surface area contributed by atoms with Gasteiger partial charge in [-0.05, 0) is 85.8 Å². The number of ether oxygens (including phenoxy) is 2. The zero-order valence-corrected chi connectivity index (χ0v) is 29.0. The maximum Gasteiger partial charge on any atom is 0.323 e. The number of anilines is 4. The molecule has 4 N–H and O–H groups in total. The highest BCUT2D eigenvalue weighted by atomic mass is 32.2. The Kier molecular flexibility index (Phi) is 10.0. The molecular weight excluding hydrogens is 656 g/mol. The number of nitrogens with one attached hydrogen (secondary N) is 2. The van der Waals surface area contributed by atoms with E-state index in [9.17, 15) is 26.8 Å². The minimum absolute atomic E-state index is 0.144. The van der Waals surface area contributed by atoms with Crippen LogP contribution in [0.3, 0.4) is 0 Å². The van der Waals surface area contributed by atoms with Crippen molar-refractivity contribution in [1.82, 2.24) is 0 Å². The van der Waals surface area contributed by atoms with Crippen molar-refractivity contribution < 1.29 is 36.3 Å². The molecule has 3 fully saturated rings. The van der Waals surface area contributed by atoms with Gasteiger partial charge in [0.1, 0.15) is 24.2 Å². The number of hydrogen-bond donors (Lipinski definition) is 3. The number of hydrogen-bond acceptors (Lipinski definition) is 9. The molecule has 0 radical (unpaired) electrons. The highest BCUT2D eigenvalue weighted by Crippen LogP contribution is 2.54. The summed E-state index contributed by atoms with van der Waals surface area (Å²) in [6, 6.07) is 7.68. The maximum absolute atomic E-state index is 14.0. The van der Waals surface area contributed by atoms with Crippen LogP contribution >= 0.6 is 0 Å². The lowest BCUT2D eigenvalue weighted by Crippen LogP contribution is -2.39. The zero-order valence-electron chi connectivity index (χ0n) is 28.2. The molecule has 14 heteroatoms. The summed E-state index contributed by atoms with van der Waals surface area (Å²) in [6.45, 7) is 5.61. The van der Waals surface area contributed by atoms with E-state index in [2.05, 4.69) is 14.9 Å². The van der Waals surface area contributed by atoms with Crippen molar-refractivity contribution in [1.29, 1.82) is 0 Å². The van der Waals surface area contributed by atoms with E-state index in [4.69, 9.17) is 15.2 Å². The summed E-state index contributed by atoms with van der Waals surface area (Å²) < 4.78 is 67.5. The number of sulfonamides is 1. The molecule has 1 amide bonds. The maximum atomic E-state index is 14.0. The highest BCUT2D eigenvalue weighted by Gasteiger charge is 2.45. The fourth-order valence-electron chi connectivity index (χ4n) is 6.84. The first-order valence-corrected chi connectivity index (χ1v) is 18.9. The number of rotatable bonds is 11. The Labute approximate surface area is 286 Å². The third-order valence-electron chi connectivity index (χ3n) is 10.3. The smallest absolute Gasteiger partial charge is 0.323 e. The molecule has 1 atom stereocenters. The van der Waals surface area contributed by atoms with Gasteiger partial charge in [-0.1, -0.05) is 13.8 Å². The Bertz CT molecular complexity index is 1660. The van der Waals surface area contributed by atoms with Crippen LogP contribution in [0.5, 0.6) is 5.75 Å². The summed E-state index contributed by atoms with van der Waals surface area (Å²) in [5.74, 6) is -3.62. The average Bonchev–Trinajstić information content (AvgIpc) is 3.82. The largest absolute Gasteiger partial charge is 0.491 e. The number of esters is 1. The van der Waals surface area contributed by atoms with Crippen LogP contribution in [0.1, 0.15) is 74.7 Å². The van der Waals surface area contributed by atoms with Crippen LogP contribution in [0.2, 0.25) is 0 Å². The van der Waals surface area contributed by atoms with Gasteiger partial charge >= 0.3 is 5.97 Å². The van der Waals surface area contributed by atoms with E-state index in [-0.39, 0.29) is 44.4 Å². The molecule has 0 unspecified atom stereocenters. The van der Waals surface area contributed by atoms with Gasteiger partial charge in [-0.3, -0.25) is 14.3 Å². The first-order chi connectivity index (χ1) is 23.2. The van der Waals surface area contributed by atoms with Gasteiger partial charge in [0.2, 0.25) is 10.0 Å². The summed E-state index contributed by atoms with van der Waals surface area (Å²) in [6.07, 6.45) is 5.48. The number of benzene rings is 2. The predicted octanol–water partition coefficient (Wildman–Crippen LogP) is 5.15. The lowest BCUT2D eigenvalue weighted by Gasteiger charge is -2.36. The number of nitrogens with zero attached hydrogens (tertiary/aromatic N) is 2. The van der Waals surface area contributed by atoms with Gasteiger partial charge in [-0.15, -0.1) is 0 Å². The van der Waals surface area contributed by atoms with Gasteiger partial charge in [0.15, 0.2) is 0 Å². The molecule has 2 aromatic carbocycles. The first-order valence-electron chi connectivity index (χ1n) is 17.3. The van der Waals surface area contributed by atoms with Gasteiger partial charge in [0, 0.05) is 44.7 Å². The predicted molar refractivity (Wildman–Crippen MR) is 185 cm³/mol. The van der Waals surface area contributed by atoms with E-state index in [0.717, 1.165) is 44.3 Å². The van der Waals surface area contributed by atoms with Crippen LogP contribution in [-0.4, -0.2) is 77.4 Å². The van der Waals surface area contributed by atoms with Crippen molar-refractivity contribution in [2.45, 2.75) is 77.2 Å². The number of amides is 1. The van der Waals surface area contributed by atoms with Crippen LogP contribution in [0.4, 0.5) is 31.5 Å². The number of carbonyl (C=O) groups is 2. The number of aryl methyl sites for hydroxylation is 1. The van der Waals surface area contributed by atoms with Crippen molar-refractivity contribution in [3.63, 3.8) is 0 Å². The highest BCUT2D eigenvalue weighted by molar-refractivity contribution is 7.92. The van der Waals surface area contributed by atoms with Gasteiger partial charge < -0.3 is 30.3 Å². The average molecular weight is 704 g/mol. The number of carbonyl (C=O) groups excluding carboxylic acids is 2. The minimum Gasteiger partial charge on any atom is -0.491 e. The molecule has 268 valence electrons. The lowest BCUT2D eigenvalue weighted by atomic mass is 9.93. The second-order valence-electron chi connectivity index (χ2n) is 14.3.